The van der Waals surface area contributed by atoms with E-state index >= 15 is 0 Å². The van der Waals surface area contributed by atoms with Crippen molar-refractivity contribution >= 4 is 56.6 Å². The standard InChI is InChI=1S/C27H25Cl2N3O6S/c1-31(20-6-4-3-5-7-20)27(35)22-14-21(9-10-23(22)29)39(36,37)32-16-25(33)30-15-18(26(32)34)12-17-13-19(28)8-11-24(17)38-2/h3-11,13-14,18H,12,15-16H2,1-2H3,(H,30,33). The van der Waals surface area contributed by atoms with Crippen LogP contribution in [0.2, 0.25) is 10.0 Å². The summed E-state index contributed by atoms with van der Waals surface area (Å²) in [7, 11) is -1.54. The largest absolute Gasteiger partial charge is 0.496 e. The van der Waals surface area contributed by atoms with E-state index in [2.05, 4.69) is 5.32 Å². The fourth-order valence-corrected chi connectivity index (χ4v) is 6.06. The maximum Gasteiger partial charge on any atom is 0.267 e. The highest BCUT2D eigenvalue weighted by molar-refractivity contribution is 7.89. The molecule has 204 valence electrons. The lowest BCUT2D eigenvalue weighted by Crippen LogP contribution is -2.42. The summed E-state index contributed by atoms with van der Waals surface area (Å²) in [5.41, 5.74) is 1.08. The fourth-order valence-electron chi connectivity index (χ4n) is 4.23. The van der Waals surface area contributed by atoms with Crippen LogP contribution in [0.25, 0.3) is 0 Å². The van der Waals surface area contributed by atoms with E-state index in [9.17, 15) is 22.8 Å². The molecular formula is C27H25Cl2N3O6S. The van der Waals surface area contributed by atoms with E-state index in [0.29, 0.717) is 26.3 Å². The Kier molecular flexibility index (Phi) is 8.48. The van der Waals surface area contributed by atoms with Crippen molar-refractivity contribution in [2.45, 2.75) is 11.3 Å². The van der Waals surface area contributed by atoms with Gasteiger partial charge in [-0.2, -0.15) is 0 Å². The van der Waals surface area contributed by atoms with Gasteiger partial charge in [-0.15, -0.1) is 0 Å². The van der Waals surface area contributed by atoms with Crippen molar-refractivity contribution in [3.63, 3.8) is 0 Å². The second-order valence-corrected chi connectivity index (χ2v) is 11.6. The number of sulfonamides is 1. The lowest BCUT2D eigenvalue weighted by atomic mass is 9.98. The number of nitrogens with zero attached hydrogens (tertiary/aromatic N) is 2. The quantitative estimate of drug-likeness (QED) is 0.448. The van der Waals surface area contributed by atoms with Gasteiger partial charge in [-0.1, -0.05) is 41.4 Å². The molecule has 3 amide bonds. The average molecular weight is 590 g/mol. The Labute approximate surface area is 236 Å². The van der Waals surface area contributed by atoms with Crippen LogP contribution in [0.3, 0.4) is 0 Å². The third kappa shape index (κ3) is 6.03. The van der Waals surface area contributed by atoms with Crippen molar-refractivity contribution < 1.29 is 27.5 Å². The molecule has 0 saturated carbocycles. The second-order valence-electron chi connectivity index (χ2n) is 8.85. The third-order valence-electron chi connectivity index (χ3n) is 6.34. The smallest absolute Gasteiger partial charge is 0.267 e. The van der Waals surface area contributed by atoms with Crippen LogP contribution in [-0.4, -0.2) is 57.7 Å². The Morgan fingerprint density at radius 3 is 2.49 bits per heavy atom. The predicted octanol–water partition coefficient (Wildman–Crippen LogP) is 3.78. The molecule has 1 N–H and O–H groups in total. The second kappa shape index (κ2) is 11.6. The SMILES string of the molecule is COc1ccc(Cl)cc1CC1CNC(=O)CN(S(=O)(=O)c2ccc(Cl)c(C(=O)N(C)c3ccccc3)c2)C1=O. The number of hydrogen-bond acceptors (Lipinski definition) is 6. The van der Waals surface area contributed by atoms with Crippen molar-refractivity contribution in [3.8, 4) is 5.75 Å². The number of carbonyl (C=O) groups excluding carboxylic acids is 3. The van der Waals surface area contributed by atoms with E-state index in [-0.39, 0.29) is 28.4 Å². The molecule has 1 atom stereocenters. The van der Waals surface area contributed by atoms with E-state index in [1.165, 1.54) is 31.2 Å². The van der Waals surface area contributed by atoms with Crippen LogP contribution in [0.15, 0.2) is 71.6 Å². The molecular weight excluding hydrogens is 565 g/mol. The summed E-state index contributed by atoms with van der Waals surface area (Å²) in [5.74, 6) is -2.41. The van der Waals surface area contributed by atoms with E-state index in [1.807, 2.05) is 0 Å². The molecule has 3 aromatic carbocycles. The Balaban J connectivity index is 1.68. The van der Waals surface area contributed by atoms with Gasteiger partial charge in [0.2, 0.25) is 11.8 Å². The van der Waals surface area contributed by atoms with Crippen LogP contribution >= 0.6 is 23.2 Å². The highest BCUT2D eigenvalue weighted by Crippen LogP contribution is 2.29. The summed E-state index contributed by atoms with van der Waals surface area (Å²) in [6.07, 6.45) is 0.0705. The number of anilines is 1. The van der Waals surface area contributed by atoms with Crippen molar-refractivity contribution in [1.82, 2.24) is 9.62 Å². The number of benzene rings is 3. The Morgan fingerprint density at radius 1 is 1.08 bits per heavy atom. The predicted molar refractivity (Wildman–Crippen MR) is 148 cm³/mol. The molecule has 1 unspecified atom stereocenters. The van der Waals surface area contributed by atoms with Crippen LogP contribution in [0.1, 0.15) is 15.9 Å². The molecule has 0 radical (unpaired) electrons. The zero-order chi connectivity index (χ0) is 28.3. The minimum atomic E-state index is -4.54. The molecule has 1 aliphatic heterocycles. The van der Waals surface area contributed by atoms with Gasteiger partial charge in [0.05, 0.1) is 28.5 Å². The zero-order valence-electron chi connectivity index (χ0n) is 21.1. The van der Waals surface area contributed by atoms with Crippen molar-refractivity contribution in [3.05, 3.63) is 87.9 Å². The summed E-state index contributed by atoms with van der Waals surface area (Å²) >= 11 is 12.4. The van der Waals surface area contributed by atoms with Crippen LogP contribution in [0.4, 0.5) is 5.69 Å². The summed E-state index contributed by atoms with van der Waals surface area (Å²) in [6, 6.07) is 17.2. The van der Waals surface area contributed by atoms with Crippen molar-refractivity contribution in [2.75, 3.05) is 32.1 Å². The minimum absolute atomic E-state index is 0.0348. The number of nitrogens with one attached hydrogen (secondary N) is 1. The first-order chi connectivity index (χ1) is 18.5. The molecule has 1 aliphatic rings. The van der Waals surface area contributed by atoms with Crippen LogP contribution in [0.5, 0.6) is 5.75 Å². The number of carbonyl (C=O) groups is 3. The first-order valence-corrected chi connectivity index (χ1v) is 14.0. The van der Waals surface area contributed by atoms with Crippen LogP contribution < -0.4 is 15.0 Å². The maximum absolute atomic E-state index is 13.7. The third-order valence-corrected chi connectivity index (χ3v) is 8.64. The monoisotopic (exact) mass is 589 g/mol. The molecule has 9 nitrogen and oxygen atoms in total. The molecule has 12 heteroatoms. The summed E-state index contributed by atoms with van der Waals surface area (Å²) in [5, 5.41) is 3.05. The number of rotatable bonds is 7. The van der Waals surface area contributed by atoms with Crippen LogP contribution in [0, 0.1) is 5.92 Å². The first kappa shape index (κ1) is 28.4. The summed E-state index contributed by atoms with van der Waals surface area (Å²) in [4.78, 5) is 40.2. The van der Waals surface area contributed by atoms with Gasteiger partial charge in [-0.25, -0.2) is 12.7 Å². The summed E-state index contributed by atoms with van der Waals surface area (Å²) < 4.78 is 33.3. The van der Waals surface area contributed by atoms with Gasteiger partial charge >= 0.3 is 0 Å². The van der Waals surface area contributed by atoms with Gasteiger partial charge in [-0.05, 0) is 60.5 Å². The van der Waals surface area contributed by atoms with Gasteiger partial charge in [0.1, 0.15) is 12.3 Å². The molecule has 1 fully saturated rings. The lowest BCUT2D eigenvalue weighted by Gasteiger charge is -2.24. The maximum atomic E-state index is 13.7. The van der Waals surface area contributed by atoms with Gasteiger partial charge in [0, 0.05) is 24.3 Å². The Hall–Kier alpha value is -3.60. The number of ether oxygens (including phenoxy) is 1. The zero-order valence-corrected chi connectivity index (χ0v) is 23.4. The molecule has 0 aliphatic carbocycles. The molecule has 0 bridgehead atoms. The van der Waals surface area contributed by atoms with Gasteiger partial charge in [-0.3, -0.25) is 14.4 Å². The molecule has 1 saturated heterocycles. The molecule has 3 aromatic rings. The van der Waals surface area contributed by atoms with Gasteiger partial charge in [0.25, 0.3) is 15.9 Å². The Bertz CT molecular complexity index is 1530. The van der Waals surface area contributed by atoms with Crippen molar-refractivity contribution in [2.24, 2.45) is 5.92 Å². The van der Waals surface area contributed by atoms with E-state index < -0.39 is 40.2 Å². The molecule has 0 aromatic heterocycles. The highest BCUT2D eigenvalue weighted by atomic mass is 35.5. The Morgan fingerprint density at radius 2 is 1.79 bits per heavy atom. The highest BCUT2D eigenvalue weighted by Gasteiger charge is 2.39. The number of amides is 3. The average Bonchev–Trinajstić information content (AvgIpc) is 3.07. The van der Waals surface area contributed by atoms with Gasteiger partial charge in [0.15, 0.2) is 0 Å². The van der Waals surface area contributed by atoms with E-state index in [1.54, 1.807) is 48.5 Å². The molecule has 1 heterocycles. The number of methoxy groups -OCH3 is 1. The van der Waals surface area contributed by atoms with Crippen LogP contribution in [-0.2, 0) is 26.0 Å². The molecule has 0 spiro atoms. The van der Waals surface area contributed by atoms with Gasteiger partial charge < -0.3 is 15.0 Å². The number of para-hydroxylation sites is 1. The normalized spacial score (nSPS) is 15.9. The van der Waals surface area contributed by atoms with E-state index in [4.69, 9.17) is 27.9 Å². The topological polar surface area (TPSA) is 113 Å². The lowest BCUT2D eigenvalue weighted by molar-refractivity contribution is -0.131. The minimum Gasteiger partial charge on any atom is -0.496 e. The van der Waals surface area contributed by atoms with Crippen molar-refractivity contribution in [1.29, 1.82) is 0 Å². The van der Waals surface area contributed by atoms with E-state index in [0.717, 1.165) is 6.07 Å². The molecule has 39 heavy (non-hydrogen) atoms. The number of hydrogen-bond donors (Lipinski definition) is 1. The fraction of sp³-hybridized carbons (Fsp3) is 0.222. The first-order valence-electron chi connectivity index (χ1n) is 11.8. The summed E-state index contributed by atoms with van der Waals surface area (Å²) in [6.45, 7) is -0.786. The number of halogens is 2. The molecule has 4 rings (SSSR count).